The fourth-order valence-electron chi connectivity index (χ4n) is 2.91. The van der Waals surface area contributed by atoms with Crippen LogP contribution in [0.2, 0.25) is 0 Å². The smallest absolute Gasteiger partial charge is 0.0624 e. The predicted octanol–water partition coefficient (Wildman–Crippen LogP) is 3.18. The molecule has 2 atom stereocenters. The highest BCUT2D eigenvalue weighted by atomic mass is 32.2. The van der Waals surface area contributed by atoms with E-state index in [0.717, 1.165) is 24.6 Å². The molecule has 1 aromatic heterocycles. The van der Waals surface area contributed by atoms with E-state index in [0.29, 0.717) is 6.04 Å². The number of nitrogens with one attached hydrogen (secondary N) is 1. The first kappa shape index (κ1) is 15.9. The Hall–Kier alpha value is -0.480. The van der Waals surface area contributed by atoms with Crippen LogP contribution in [0, 0.1) is 0 Å². The van der Waals surface area contributed by atoms with Crippen molar-refractivity contribution in [3.63, 3.8) is 0 Å². The molecule has 0 saturated carbocycles. The second-order valence-electron chi connectivity index (χ2n) is 5.77. The van der Waals surface area contributed by atoms with Gasteiger partial charge >= 0.3 is 0 Å². The second-order valence-corrected chi connectivity index (χ2v) is 7.12. The lowest BCUT2D eigenvalue weighted by Gasteiger charge is -2.30. The molecule has 0 aliphatic carbocycles. The number of hydrogen-bond donors (Lipinski definition) is 1. The highest BCUT2D eigenvalue weighted by Gasteiger charge is 2.25. The molecule has 1 aliphatic rings. The molecule has 0 spiro atoms. The van der Waals surface area contributed by atoms with Crippen molar-refractivity contribution in [2.75, 3.05) is 12.3 Å². The van der Waals surface area contributed by atoms with E-state index >= 15 is 0 Å². The maximum absolute atomic E-state index is 4.59. The normalized spacial score (nSPS) is 21.1. The minimum Gasteiger partial charge on any atom is -0.312 e. The summed E-state index contributed by atoms with van der Waals surface area (Å²) in [7, 11) is 2.08. The van der Waals surface area contributed by atoms with Crippen molar-refractivity contribution in [3.05, 3.63) is 17.5 Å². The van der Waals surface area contributed by atoms with Gasteiger partial charge in [-0.15, -0.1) is 0 Å². The molecule has 0 aromatic carbocycles. The summed E-state index contributed by atoms with van der Waals surface area (Å²) in [6.07, 6.45) is 7.51. The summed E-state index contributed by atoms with van der Waals surface area (Å²) in [5, 5.41) is 9.14. The highest BCUT2D eigenvalue weighted by Crippen LogP contribution is 2.29. The van der Waals surface area contributed by atoms with Crippen LogP contribution in [0.5, 0.6) is 0 Å². The molecule has 0 radical (unpaired) electrons. The summed E-state index contributed by atoms with van der Waals surface area (Å²) in [5.41, 5.74) is 2.59. The summed E-state index contributed by atoms with van der Waals surface area (Å²) >= 11 is 2.17. The van der Waals surface area contributed by atoms with Crippen LogP contribution in [0.15, 0.2) is 6.07 Å². The van der Waals surface area contributed by atoms with E-state index in [1.807, 2.05) is 0 Å². The quantitative estimate of drug-likeness (QED) is 0.838. The third-order valence-corrected chi connectivity index (χ3v) is 5.66. The summed E-state index contributed by atoms with van der Waals surface area (Å²) in [6.45, 7) is 5.55. The summed E-state index contributed by atoms with van der Waals surface area (Å²) in [4.78, 5) is 0. The molecule has 1 saturated heterocycles. The summed E-state index contributed by atoms with van der Waals surface area (Å²) in [6, 6.07) is 2.88. The van der Waals surface area contributed by atoms with Crippen molar-refractivity contribution in [2.45, 2.75) is 63.7 Å². The molecular formula is C16H29N3S. The first-order chi connectivity index (χ1) is 9.74. The third-order valence-electron chi connectivity index (χ3n) is 4.14. The van der Waals surface area contributed by atoms with Crippen molar-refractivity contribution in [3.8, 4) is 0 Å². The lowest BCUT2D eigenvalue weighted by Crippen LogP contribution is -2.41. The zero-order valence-electron chi connectivity index (χ0n) is 13.2. The number of hydrogen-bond acceptors (Lipinski definition) is 3. The molecule has 0 amide bonds. The zero-order chi connectivity index (χ0) is 14.4. The van der Waals surface area contributed by atoms with Gasteiger partial charge in [0.15, 0.2) is 0 Å². The van der Waals surface area contributed by atoms with Gasteiger partial charge < -0.3 is 5.32 Å². The highest BCUT2D eigenvalue weighted by molar-refractivity contribution is 8.00. The molecule has 2 unspecified atom stereocenters. The minimum absolute atomic E-state index is 0.598. The van der Waals surface area contributed by atoms with E-state index in [1.54, 1.807) is 0 Å². The maximum atomic E-state index is 4.59. The monoisotopic (exact) mass is 295 g/mol. The van der Waals surface area contributed by atoms with Gasteiger partial charge in [0, 0.05) is 30.5 Å². The molecule has 1 N–H and O–H groups in total. The average Bonchev–Trinajstić information content (AvgIpc) is 2.84. The number of rotatable bonds is 7. The fourth-order valence-corrected chi connectivity index (χ4v) is 4.34. The molecule has 2 rings (SSSR count). The van der Waals surface area contributed by atoms with Crippen LogP contribution in [0.3, 0.4) is 0 Å². The SMILES string of the molecule is CCCNC(Cc1cc(CC)nn1C)C1CCCCS1. The first-order valence-corrected chi connectivity index (χ1v) is 9.16. The Bertz CT molecular complexity index is 396. The van der Waals surface area contributed by atoms with Crippen molar-refractivity contribution in [2.24, 2.45) is 7.05 Å². The van der Waals surface area contributed by atoms with Crippen LogP contribution in [0.1, 0.15) is 50.9 Å². The number of nitrogens with zero attached hydrogens (tertiary/aromatic N) is 2. The van der Waals surface area contributed by atoms with Gasteiger partial charge in [0.1, 0.15) is 0 Å². The van der Waals surface area contributed by atoms with E-state index in [9.17, 15) is 0 Å². The maximum Gasteiger partial charge on any atom is 0.0624 e. The molecule has 4 heteroatoms. The van der Waals surface area contributed by atoms with Gasteiger partial charge in [-0.3, -0.25) is 4.68 Å². The van der Waals surface area contributed by atoms with E-state index in [4.69, 9.17) is 0 Å². The van der Waals surface area contributed by atoms with Crippen molar-refractivity contribution in [1.29, 1.82) is 0 Å². The summed E-state index contributed by atoms with van der Waals surface area (Å²) < 4.78 is 2.08. The number of aromatic nitrogens is 2. The lowest BCUT2D eigenvalue weighted by atomic mass is 10.0. The van der Waals surface area contributed by atoms with Crippen LogP contribution in [0.4, 0.5) is 0 Å². The van der Waals surface area contributed by atoms with E-state index in [-0.39, 0.29) is 0 Å². The van der Waals surface area contributed by atoms with Crippen LogP contribution in [-0.4, -0.2) is 33.4 Å². The Balaban J connectivity index is 2.03. The number of aryl methyl sites for hydroxylation is 2. The van der Waals surface area contributed by atoms with Gasteiger partial charge in [-0.2, -0.15) is 16.9 Å². The molecule has 3 nitrogen and oxygen atoms in total. The van der Waals surface area contributed by atoms with E-state index in [1.165, 1.54) is 42.8 Å². The topological polar surface area (TPSA) is 29.9 Å². The van der Waals surface area contributed by atoms with Gasteiger partial charge in [-0.25, -0.2) is 0 Å². The third kappa shape index (κ3) is 4.26. The molecule has 1 aliphatic heterocycles. The van der Waals surface area contributed by atoms with Gasteiger partial charge in [-0.1, -0.05) is 20.3 Å². The Morgan fingerprint density at radius 2 is 2.30 bits per heavy atom. The average molecular weight is 295 g/mol. The van der Waals surface area contributed by atoms with Crippen molar-refractivity contribution < 1.29 is 0 Å². The Labute approximate surface area is 127 Å². The van der Waals surface area contributed by atoms with Crippen molar-refractivity contribution >= 4 is 11.8 Å². The van der Waals surface area contributed by atoms with E-state index in [2.05, 4.69) is 53.8 Å². The molecule has 2 heterocycles. The second kappa shape index (κ2) is 8.08. The molecule has 1 fully saturated rings. The molecule has 1 aromatic rings. The van der Waals surface area contributed by atoms with Crippen LogP contribution >= 0.6 is 11.8 Å². The zero-order valence-corrected chi connectivity index (χ0v) is 14.0. The van der Waals surface area contributed by atoms with Crippen LogP contribution in [0.25, 0.3) is 0 Å². The molecule has 0 bridgehead atoms. The summed E-state index contributed by atoms with van der Waals surface area (Å²) in [5.74, 6) is 1.33. The van der Waals surface area contributed by atoms with Gasteiger partial charge in [0.05, 0.1) is 5.69 Å². The fraction of sp³-hybridized carbons (Fsp3) is 0.812. The Morgan fingerprint density at radius 1 is 1.45 bits per heavy atom. The predicted molar refractivity (Wildman–Crippen MR) is 88.5 cm³/mol. The molecular weight excluding hydrogens is 266 g/mol. The van der Waals surface area contributed by atoms with Crippen LogP contribution < -0.4 is 5.32 Å². The minimum atomic E-state index is 0.598. The van der Waals surface area contributed by atoms with Crippen LogP contribution in [-0.2, 0) is 19.9 Å². The Morgan fingerprint density at radius 3 is 2.90 bits per heavy atom. The van der Waals surface area contributed by atoms with Gasteiger partial charge in [-0.05, 0) is 44.0 Å². The van der Waals surface area contributed by atoms with Gasteiger partial charge in [0.25, 0.3) is 0 Å². The largest absolute Gasteiger partial charge is 0.312 e. The first-order valence-electron chi connectivity index (χ1n) is 8.11. The molecule has 20 heavy (non-hydrogen) atoms. The standard InChI is InChI=1S/C16H29N3S/c1-4-9-17-15(16-8-6-7-10-20-16)12-14-11-13(5-2)18-19(14)3/h11,15-17H,4-10,12H2,1-3H3. The molecule has 114 valence electrons. The van der Waals surface area contributed by atoms with Crippen molar-refractivity contribution in [1.82, 2.24) is 15.1 Å². The Kier molecular flexibility index (Phi) is 6.43. The van der Waals surface area contributed by atoms with E-state index < -0.39 is 0 Å². The lowest BCUT2D eigenvalue weighted by molar-refractivity contribution is 0.451. The number of thioether (sulfide) groups is 1. The van der Waals surface area contributed by atoms with Gasteiger partial charge in [0.2, 0.25) is 0 Å².